The molecule has 1 aliphatic rings. The number of aromatic nitrogens is 3. The third-order valence-electron chi connectivity index (χ3n) is 5.07. The summed E-state index contributed by atoms with van der Waals surface area (Å²) in [6.07, 6.45) is 0.0909. The van der Waals surface area contributed by atoms with Crippen molar-refractivity contribution in [1.82, 2.24) is 14.5 Å². The maximum absolute atomic E-state index is 11.7. The van der Waals surface area contributed by atoms with Gasteiger partial charge in [-0.25, -0.2) is 9.78 Å². The van der Waals surface area contributed by atoms with Crippen molar-refractivity contribution >= 4 is 34.1 Å². The Morgan fingerprint density at radius 1 is 1.23 bits per heavy atom. The number of rotatable bonds is 4. The predicted octanol–water partition coefficient (Wildman–Crippen LogP) is 3.15. The van der Waals surface area contributed by atoms with Crippen molar-refractivity contribution in [1.29, 1.82) is 0 Å². The van der Waals surface area contributed by atoms with Crippen LogP contribution in [0.25, 0.3) is 33.5 Å². The van der Waals surface area contributed by atoms with Gasteiger partial charge in [0.15, 0.2) is 11.7 Å². The highest BCUT2D eigenvalue weighted by molar-refractivity contribution is 5.89. The highest BCUT2D eigenvalue weighted by Crippen LogP contribution is 2.37. The number of hydrogen-bond acceptors (Lipinski definition) is 8. The van der Waals surface area contributed by atoms with Gasteiger partial charge in [-0.05, 0) is 31.5 Å². The Bertz CT molecular complexity index is 1280. The molecule has 2 N–H and O–H groups in total. The lowest BCUT2D eigenvalue weighted by atomic mass is 10.2. The lowest BCUT2D eigenvalue weighted by Gasteiger charge is -2.13. The van der Waals surface area contributed by atoms with Crippen LogP contribution < -0.4 is 15.2 Å². The molecule has 30 heavy (non-hydrogen) atoms. The van der Waals surface area contributed by atoms with Gasteiger partial charge in [0.1, 0.15) is 28.4 Å². The molecule has 0 spiro atoms. The van der Waals surface area contributed by atoms with Crippen molar-refractivity contribution in [3.05, 3.63) is 30.3 Å². The van der Waals surface area contributed by atoms with E-state index in [1.807, 2.05) is 18.2 Å². The van der Waals surface area contributed by atoms with Crippen LogP contribution in [0.3, 0.4) is 0 Å². The van der Waals surface area contributed by atoms with Crippen molar-refractivity contribution in [3.8, 4) is 22.9 Å². The maximum atomic E-state index is 11.7. The number of hydrogen-bond donors (Lipinski definition) is 1. The third-order valence-corrected chi connectivity index (χ3v) is 5.07. The number of benzene rings is 2. The summed E-state index contributed by atoms with van der Waals surface area (Å²) in [7, 11) is 1.33. The number of nitrogen functional groups attached to an aromatic ring is 1. The first kappa shape index (κ1) is 18.3. The molecule has 2 aromatic carbocycles. The SMILES string of the molecule is COC(=O)C(C)Oc1cc2c3c(c1)nc(-c1ccc4oc(N)nc4c1)n3CCCO2. The molecule has 0 bridgehead atoms. The summed E-state index contributed by atoms with van der Waals surface area (Å²) in [5.74, 6) is 1.50. The van der Waals surface area contributed by atoms with Crippen LogP contribution in [0.5, 0.6) is 11.5 Å². The minimum Gasteiger partial charge on any atom is -0.491 e. The molecule has 1 unspecified atom stereocenters. The van der Waals surface area contributed by atoms with E-state index in [9.17, 15) is 4.79 Å². The first-order chi connectivity index (χ1) is 14.5. The van der Waals surface area contributed by atoms with E-state index in [1.54, 1.807) is 19.1 Å². The molecular weight excluding hydrogens is 388 g/mol. The highest BCUT2D eigenvalue weighted by atomic mass is 16.6. The summed E-state index contributed by atoms with van der Waals surface area (Å²) < 4.78 is 24.0. The number of anilines is 1. The highest BCUT2D eigenvalue weighted by Gasteiger charge is 2.23. The Labute approximate surface area is 171 Å². The van der Waals surface area contributed by atoms with Gasteiger partial charge in [0.2, 0.25) is 0 Å². The average molecular weight is 408 g/mol. The monoisotopic (exact) mass is 408 g/mol. The first-order valence-electron chi connectivity index (χ1n) is 9.61. The van der Waals surface area contributed by atoms with Gasteiger partial charge >= 0.3 is 5.97 Å². The Morgan fingerprint density at radius 2 is 2.10 bits per heavy atom. The second-order valence-corrected chi connectivity index (χ2v) is 7.10. The standard InChI is InChI=1S/C21H20N4O5/c1-11(20(26)27-2)29-13-9-15-18-17(10-13)28-7-3-6-25(18)19(23-15)12-4-5-16-14(8-12)24-21(22)30-16/h4-5,8-11H,3,6-7H2,1-2H3,(H2,22,24). The number of nitrogens with zero attached hydrogens (tertiary/aromatic N) is 3. The summed E-state index contributed by atoms with van der Waals surface area (Å²) in [6, 6.07) is 9.39. The van der Waals surface area contributed by atoms with E-state index in [4.69, 9.17) is 29.3 Å². The van der Waals surface area contributed by atoms with Crippen molar-refractivity contribution < 1.29 is 23.4 Å². The number of esters is 1. The van der Waals surface area contributed by atoms with Crippen LogP contribution in [0.2, 0.25) is 0 Å². The molecule has 0 aliphatic carbocycles. The van der Waals surface area contributed by atoms with E-state index < -0.39 is 12.1 Å². The van der Waals surface area contributed by atoms with E-state index >= 15 is 0 Å². The van der Waals surface area contributed by atoms with E-state index in [2.05, 4.69) is 9.55 Å². The number of carbonyl (C=O) groups is 1. The Kier molecular flexibility index (Phi) is 4.23. The quantitative estimate of drug-likeness (QED) is 0.512. The zero-order chi connectivity index (χ0) is 20.8. The van der Waals surface area contributed by atoms with Crippen LogP contribution in [0.15, 0.2) is 34.7 Å². The normalized spacial score (nSPS) is 14.3. The average Bonchev–Trinajstić information content (AvgIpc) is 3.21. The van der Waals surface area contributed by atoms with E-state index in [0.29, 0.717) is 29.2 Å². The predicted molar refractivity (Wildman–Crippen MR) is 109 cm³/mol. The number of imidazole rings is 1. The van der Waals surface area contributed by atoms with Gasteiger partial charge in [-0.1, -0.05) is 0 Å². The molecule has 3 heterocycles. The summed E-state index contributed by atoms with van der Waals surface area (Å²) in [5, 5.41) is 0. The smallest absolute Gasteiger partial charge is 0.346 e. The molecule has 1 atom stereocenters. The summed E-state index contributed by atoms with van der Waals surface area (Å²) >= 11 is 0. The van der Waals surface area contributed by atoms with Gasteiger partial charge in [-0.2, -0.15) is 4.98 Å². The number of methoxy groups -OCH3 is 1. The van der Waals surface area contributed by atoms with E-state index in [0.717, 1.165) is 35.4 Å². The fourth-order valence-electron chi connectivity index (χ4n) is 3.73. The molecule has 0 fully saturated rings. The minimum absolute atomic E-state index is 0.130. The van der Waals surface area contributed by atoms with Crippen LogP contribution >= 0.6 is 0 Å². The Hall–Kier alpha value is -3.75. The second kappa shape index (κ2) is 6.94. The van der Waals surface area contributed by atoms with E-state index in [1.165, 1.54) is 7.11 Å². The fourth-order valence-corrected chi connectivity index (χ4v) is 3.73. The third kappa shape index (κ3) is 2.99. The minimum atomic E-state index is -0.744. The number of aryl methyl sites for hydroxylation is 1. The lowest BCUT2D eigenvalue weighted by molar-refractivity contribution is -0.147. The summed E-state index contributed by atoms with van der Waals surface area (Å²) in [5.41, 5.74) is 9.47. The topological polar surface area (TPSA) is 115 Å². The zero-order valence-corrected chi connectivity index (χ0v) is 16.5. The molecule has 5 rings (SSSR count). The maximum Gasteiger partial charge on any atom is 0.346 e. The molecule has 0 radical (unpaired) electrons. The van der Waals surface area contributed by atoms with Crippen LogP contribution in [0, 0.1) is 0 Å². The van der Waals surface area contributed by atoms with Gasteiger partial charge in [0.25, 0.3) is 6.01 Å². The van der Waals surface area contributed by atoms with Crippen molar-refractivity contribution in [2.24, 2.45) is 0 Å². The summed E-state index contributed by atoms with van der Waals surface area (Å²) in [4.78, 5) is 20.8. The molecule has 1 aliphatic heterocycles. The van der Waals surface area contributed by atoms with Gasteiger partial charge in [-0.3, -0.25) is 0 Å². The Balaban J connectivity index is 1.63. The number of ether oxygens (including phenoxy) is 3. The van der Waals surface area contributed by atoms with Gasteiger partial charge in [0, 0.05) is 24.2 Å². The molecule has 2 aromatic heterocycles. The van der Waals surface area contributed by atoms with Crippen molar-refractivity contribution in [2.45, 2.75) is 26.0 Å². The number of fused-ring (bicyclic) bond motifs is 1. The molecule has 9 heteroatoms. The Morgan fingerprint density at radius 3 is 2.93 bits per heavy atom. The van der Waals surface area contributed by atoms with Gasteiger partial charge in [-0.15, -0.1) is 0 Å². The molecular formula is C21H20N4O5. The van der Waals surface area contributed by atoms with Gasteiger partial charge in [0.05, 0.1) is 19.2 Å². The molecule has 9 nitrogen and oxygen atoms in total. The molecule has 154 valence electrons. The van der Waals surface area contributed by atoms with Crippen LogP contribution in [0.4, 0.5) is 6.01 Å². The van der Waals surface area contributed by atoms with Crippen molar-refractivity contribution in [2.75, 3.05) is 19.5 Å². The fraction of sp³-hybridized carbons (Fsp3) is 0.286. The largest absolute Gasteiger partial charge is 0.491 e. The first-order valence-corrected chi connectivity index (χ1v) is 9.61. The van der Waals surface area contributed by atoms with Gasteiger partial charge < -0.3 is 28.9 Å². The van der Waals surface area contributed by atoms with Crippen LogP contribution in [0.1, 0.15) is 13.3 Å². The summed E-state index contributed by atoms with van der Waals surface area (Å²) in [6.45, 7) is 2.97. The van der Waals surface area contributed by atoms with Crippen molar-refractivity contribution in [3.63, 3.8) is 0 Å². The number of carbonyl (C=O) groups excluding carboxylic acids is 1. The van der Waals surface area contributed by atoms with E-state index in [-0.39, 0.29) is 6.01 Å². The molecule has 0 amide bonds. The zero-order valence-electron chi connectivity index (χ0n) is 16.5. The van der Waals surface area contributed by atoms with Crippen LogP contribution in [-0.2, 0) is 16.1 Å². The second-order valence-electron chi connectivity index (χ2n) is 7.10. The lowest BCUT2D eigenvalue weighted by Crippen LogP contribution is -2.24. The molecule has 0 saturated heterocycles. The number of nitrogens with two attached hydrogens (primary N) is 1. The number of oxazole rings is 1. The molecule has 0 saturated carbocycles. The molecule has 4 aromatic rings. The van der Waals surface area contributed by atoms with Crippen LogP contribution in [-0.4, -0.2) is 40.3 Å².